The summed E-state index contributed by atoms with van der Waals surface area (Å²) in [6, 6.07) is 26.2. The third-order valence-corrected chi connectivity index (χ3v) is 3.67. The lowest BCUT2D eigenvalue weighted by Crippen LogP contribution is -1.89. The molecule has 0 aliphatic rings. The van der Waals surface area contributed by atoms with Crippen molar-refractivity contribution < 1.29 is 4.74 Å². The molecule has 3 aromatic carbocycles. The van der Waals surface area contributed by atoms with E-state index in [1.165, 1.54) is 5.56 Å². The Morgan fingerprint density at radius 3 is 2.17 bits per heavy atom. The van der Waals surface area contributed by atoms with Crippen molar-refractivity contribution in [3.05, 3.63) is 95.6 Å². The molecule has 0 bridgehead atoms. The number of hydrogen-bond donors (Lipinski definition) is 0. The second-order valence-corrected chi connectivity index (χ2v) is 5.30. The molecule has 0 unspecified atom stereocenters. The fourth-order valence-electron chi connectivity index (χ4n) is 2.41. The first-order valence-corrected chi connectivity index (χ1v) is 7.86. The molecule has 3 aromatic rings. The van der Waals surface area contributed by atoms with Crippen molar-refractivity contribution in [3.8, 4) is 5.75 Å². The summed E-state index contributed by atoms with van der Waals surface area (Å²) in [6.45, 7) is 0. The van der Waals surface area contributed by atoms with Gasteiger partial charge in [0.25, 0.3) is 0 Å². The van der Waals surface area contributed by atoms with E-state index in [2.05, 4.69) is 35.3 Å². The van der Waals surface area contributed by atoms with Crippen LogP contribution in [0.5, 0.6) is 5.75 Å². The molecule has 0 atom stereocenters. The minimum absolute atomic E-state index is 0.818. The highest BCUT2D eigenvalue weighted by Gasteiger charge is 1.99. The van der Waals surface area contributed by atoms with E-state index >= 15 is 0 Å². The molecule has 0 aromatic heterocycles. The van der Waals surface area contributed by atoms with Crippen LogP contribution in [0.2, 0.25) is 0 Å². The van der Waals surface area contributed by atoms with E-state index in [1.54, 1.807) is 7.11 Å². The Labute approximate surface area is 142 Å². The highest BCUT2D eigenvalue weighted by atomic mass is 16.5. The molecule has 0 spiro atoms. The number of hydrogen-bond acceptors (Lipinski definition) is 2. The predicted molar refractivity (Wildman–Crippen MR) is 102 cm³/mol. The Hall–Kier alpha value is -3.13. The zero-order valence-electron chi connectivity index (χ0n) is 13.6. The monoisotopic (exact) mass is 313 g/mol. The molecule has 0 radical (unpaired) electrons. The van der Waals surface area contributed by atoms with Crippen molar-refractivity contribution in [1.29, 1.82) is 0 Å². The maximum atomic E-state index is 5.36. The molecule has 0 saturated heterocycles. The largest absolute Gasteiger partial charge is 0.496 e. The maximum Gasteiger partial charge on any atom is 0.127 e. The summed E-state index contributed by atoms with van der Waals surface area (Å²) < 4.78 is 5.36. The third-order valence-electron chi connectivity index (χ3n) is 3.67. The average molecular weight is 313 g/mol. The summed E-state index contributed by atoms with van der Waals surface area (Å²) in [5.74, 6) is 0.818. The van der Waals surface area contributed by atoms with Crippen LogP contribution in [0.1, 0.15) is 16.7 Å². The van der Waals surface area contributed by atoms with Crippen LogP contribution in [0.3, 0.4) is 0 Å². The first kappa shape index (κ1) is 15.8. The minimum Gasteiger partial charge on any atom is -0.496 e. The van der Waals surface area contributed by atoms with Crippen molar-refractivity contribution in [3.63, 3.8) is 0 Å². The van der Waals surface area contributed by atoms with Gasteiger partial charge in [-0.3, -0.25) is 4.99 Å². The molecule has 3 rings (SSSR count). The van der Waals surface area contributed by atoms with E-state index in [0.717, 1.165) is 22.6 Å². The summed E-state index contributed by atoms with van der Waals surface area (Å²) in [5.41, 5.74) is 4.13. The van der Waals surface area contributed by atoms with Gasteiger partial charge in [-0.05, 0) is 23.8 Å². The number of ether oxygens (including phenoxy) is 1. The van der Waals surface area contributed by atoms with E-state index in [9.17, 15) is 0 Å². The van der Waals surface area contributed by atoms with Gasteiger partial charge >= 0.3 is 0 Å². The van der Waals surface area contributed by atoms with E-state index in [0.29, 0.717) is 0 Å². The fourth-order valence-corrected chi connectivity index (χ4v) is 2.41. The number of aliphatic imine (C=N–C) groups is 1. The lowest BCUT2D eigenvalue weighted by molar-refractivity contribution is 0.414. The molecular weight excluding hydrogens is 294 g/mol. The average Bonchev–Trinajstić information content (AvgIpc) is 2.66. The predicted octanol–water partition coefficient (Wildman–Crippen LogP) is 5.62. The quantitative estimate of drug-likeness (QED) is 0.443. The van der Waals surface area contributed by atoms with Gasteiger partial charge in [-0.1, -0.05) is 72.8 Å². The molecule has 2 heteroatoms. The highest BCUT2D eigenvalue weighted by Crippen LogP contribution is 2.22. The van der Waals surface area contributed by atoms with Gasteiger partial charge in [0.05, 0.1) is 12.8 Å². The molecule has 0 saturated carbocycles. The smallest absolute Gasteiger partial charge is 0.127 e. The van der Waals surface area contributed by atoms with Crippen LogP contribution in [-0.2, 0) is 0 Å². The van der Waals surface area contributed by atoms with Crippen LogP contribution in [-0.4, -0.2) is 13.3 Å². The van der Waals surface area contributed by atoms with Crippen LogP contribution >= 0.6 is 0 Å². The molecule has 2 nitrogen and oxygen atoms in total. The summed E-state index contributed by atoms with van der Waals surface area (Å²) in [5, 5.41) is 0. The Bertz CT molecular complexity index is 851. The lowest BCUT2D eigenvalue weighted by atomic mass is 10.1. The standard InChI is InChI=1S/C22H19NO/c1-24-22-14-8-6-12-20(22)17-23-21-13-7-5-11-19(21)16-15-18-9-3-2-4-10-18/h2-17H,1H3/b16-15+,23-17+. The molecule has 0 aliphatic carbocycles. The van der Waals surface area contributed by atoms with Crippen LogP contribution in [0, 0.1) is 0 Å². The first-order chi connectivity index (χ1) is 11.9. The third kappa shape index (κ3) is 3.99. The first-order valence-electron chi connectivity index (χ1n) is 7.86. The molecule has 0 heterocycles. The summed E-state index contributed by atoms with van der Waals surface area (Å²) >= 11 is 0. The van der Waals surface area contributed by atoms with Gasteiger partial charge in [-0.2, -0.15) is 0 Å². The number of para-hydroxylation sites is 2. The van der Waals surface area contributed by atoms with E-state index in [-0.39, 0.29) is 0 Å². The second kappa shape index (κ2) is 7.93. The van der Waals surface area contributed by atoms with Crippen LogP contribution in [0.25, 0.3) is 12.2 Å². The van der Waals surface area contributed by atoms with Crippen molar-refractivity contribution in [1.82, 2.24) is 0 Å². The number of methoxy groups -OCH3 is 1. The SMILES string of the molecule is COc1ccccc1/C=N/c1ccccc1/C=C/c1ccccc1. The number of nitrogens with zero attached hydrogens (tertiary/aromatic N) is 1. The Balaban J connectivity index is 1.87. The molecule has 0 N–H and O–H groups in total. The highest BCUT2D eigenvalue weighted by molar-refractivity contribution is 5.87. The molecule has 0 aliphatic heterocycles. The lowest BCUT2D eigenvalue weighted by Gasteiger charge is -2.04. The normalized spacial score (nSPS) is 11.2. The van der Waals surface area contributed by atoms with Crippen molar-refractivity contribution in [2.24, 2.45) is 4.99 Å². The van der Waals surface area contributed by atoms with Gasteiger partial charge in [0.15, 0.2) is 0 Å². The van der Waals surface area contributed by atoms with Gasteiger partial charge < -0.3 is 4.74 Å². The van der Waals surface area contributed by atoms with Crippen molar-refractivity contribution >= 4 is 24.1 Å². The molecule has 118 valence electrons. The Kier molecular flexibility index (Phi) is 5.21. The maximum absolute atomic E-state index is 5.36. The van der Waals surface area contributed by atoms with Crippen LogP contribution < -0.4 is 4.74 Å². The summed E-state index contributed by atoms with van der Waals surface area (Å²) in [7, 11) is 1.67. The molecular formula is C22H19NO. The van der Waals surface area contributed by atoms with Gasteiger partial charge in [-0.15, -0.1) is 0 Å². The molecule has 0 amide bonds. The molecule has 24 heavy (non-hydrogen) atoms. The zero-order chi connectivity index (χ0) is 16.6. The minimum atomic E-state index is 0.818. The topological polar surface area (TPSA) is 21.6 Å². The molecule has 0 fully saturated rings. The van der Waals surface area contributed by atoms with E-state index in [4.69, 9.17) is 4.74 Å². The Morgan fingerprint density at radius 2 is 1.38 bits per heavy atom. The summed E-state index contributed by atoms with van der Waals surface area (Å²) in [6.07, 6.45) is 6.02. The summed E-state index contributed by atoms with van der Waals surface area (Å²) in [4.78, 5) is 4.64. The van der Waals surface area contributed by atoms with E-state index in [1.807, 2.05) is 66.9 Å². The van der Waals surface area contributed by atoms with Crippen LogP contribution in [0.4, 0.5) is 5.69 Å². The Morgan fingerprint density at radius 1 is 0.708 bits per heavy atom. The van der Waals surface area contributed by atoms with Gasteiger partial charge in [-0.25, -0.2) is 0 Å². The number of rotatable bonds is 5. The second-order valence-electron chi connectivity index (χ2n) is 5.30. The van der Waals surface area contributed by atoms with Gasteiger partial charge in [0, 0.05) is 17.3 Å². The van der Waals surface area contributed by atoms with Crippen molar-refractivity contribution in [2.45, 2.75) is 0 Å². The number of benzene rings is 3. The fraction of sp³-hybridized carbons (Fsp3) is 0.0455. The van der Waals surface area contributed by atoms with Gasteiger partial charge in [0.1, 0.15) is 5.75 Å². The van der Waals surface area contributed by atoms with Gasteiger partial charge in [0.2, 0.25) is 0 Å². The van der Waals surface area contributed by atoms with Crippen LogP contribution in [0.15, 0.2) is 83.9 Å². The zero-order valence-corrected chi connectivity index (χ0v) is 13.6. The van der Waals surface area contributed by atoms with E-state index < -0.39 is 0 Å². The van der Waals surface area contributed by atoms with Crippen molar-refractivity contribution in [2.75, 3.05) is 7.11 Å².